The minimum Gasteiger partial charge on any atom is -0.493 e. The molecule has 5 heteroatoms. The van der Waals surface area contributed by atoms with Crippen LogP contribution in [0.1, 0.15) is 11.3 Å². The Morgan fingerprint density at radius 2 is 2.05 bits per heavy atom. The highest BCUT2D eigenvalue weighted by molar-refractivity contribution is 5.91. The number of nitrogens with one attached hydrogen (secondary N) is 1. The summed E-state index contributed by atoms with van der Waals surface area (Å²) in [5.74, 6) is 1.87. The van der Waals surface area contributed by atoms with Crippen molar-refractivity contribution >= 4 is 12.0 Å². The van der Waals surface area contributed by atoms with Crippen molar-refractivity contribution in [2.24, 2.45) is 0 Å². The molecule has 2 aromatic rings. The van der Waals surface area contributed by atoms with E-state index in [2.05, 4.69) is 5.32 Å². The smallest absolute Gasteiger partial charge is 0.244 e. The number of methoxy groups -OCH3 is 2. The molecule has 22 heavy (non-hydrogen) atoms. The third-order valence-electron chi connectivity index (χ3n) is 3.10. The zero-order valence-corrected chi connectivity index (χ0v) is 12.7. The number of ether oxygens (including phenoxy) is 2. The van der Waals surface area contributed by atoms with Gasteiger partial charge in [0.25, 0.3) is 0 Å². The Bertz CT molecular complexity index is 632. The summed E-state index contributed by atoms with van der Waals surface area (Å²) in [5, 5.41) is 2.82. The topological polar surface area (TPSA) is 60.7 Å². The first-order valence-electron chi connectivity index (χ1n) is 6.93. The first kappa shape index (κ1) is 15.7. The molecular formula is C17H19NO4. The summed E-state index contributed by atoms with van der Waals surface area (Å²) < 4.78 is 15.6. The third kappa shape index (κ3) is 4.41. The van der Waals surface area contributed by atoms with E-state index in [9.17, 15) is 4.79 Å². The highest BCUT2D eigenvalue weighted by Gasteiger charge is 2.04. The number of benzene rings is 1. The van der Waals surface area contributed by atoms with E-state index in [4.69, 9.17) is 13.9 Å². The molecule has 0 atom stereocenters. The molecule has 0 radical (unpaired) electrons. The molecule has 1 N–H and O–H groups in total. The van der Waals surface area contributed by atoms with Gasteiger partial charge in [-0.2, -0.15) is 0 Å². The molecular weight excluding hydrogens is 282 g/mol. The van der Waals surface area contributed by atoms with Crippen LogP contribution in [-0.2, 0) is 11.2 Å². The Morgan fingerprint density at radius 1 is 1.23 bits per heavy atom. The molecule has 5 nitrogen and oxygen atoms in total. The van der Waals surface area contributed by atoms with Crippen LogP contribution in [0.5, 0.6) is 11.5 Å². The van der Waals surface area contributed by atoms with E-state index in [1.165, 1.54) is 6.08 Å². The highest BCUT2D eigenvalue weighted by Crippen LogP contribution is 2.27. The van der Waals surface area contributed by atoms with Crippen molar-refractivity contribution in [1.82, 2.24) is 5.32 Å². The van der Waals surface area contributed by atoms with E-state index < -0.39 is 0 Å². The van der Waals surface area contributed by atoms with Gasteiger partial charge in [-0.05, 0) is 42.3 Å². The van der Waals surface area contributed by atoms with E-state index in [1.807, 2.05) is 18.2 Å². The van der Waals surface area contributed by atoms with Crippen molar-refractivity contribution in [1.29, 1.82) is 0 Å². The average Bonchev–Trinajstić information content (AvgIpc) is 3.06. The minimum absolute atomic E-state index is 0.156. The van der Waals surface area contributed by atoms with Crippen molar-refractivity contribution in [3.8, 4) is 11.5 Å². The molecule has 0 unspecified atom stereocenters. The van der Waals surface area contributed by atoms with Crippen LogP contribution in [0.4, 0.5) is 0 Å². The zero-order chi connectivity index (χ0) is 15.8. The molecule has 1 aromatic carbocycles. The molecule has 1 amide bonds. The lowest BCUT2D eigenvalue weighted by Gasteiger charge is -2.09. The molecule has 0 aliphatic carbocycles. The van der Waals surface area contributed by atoms with Crippen LogP contribution >= 0.6 is 0 Å². The van der Waals surface area contributed by atoms with Gasteiger partial charge >= 0.3 is 0 Å². The monoisotopic (exact) mass is 301 g/mol. The Kier molecular flexibility index (Phi) is 5.65. The number of amides is 1. The van der Waals surface area contributed by atoms with Crippen LogP contribution in [0, 0.1) is 0 Å². The van der Waals surface area contributed by atoms with Gasteiger partial charge < -0.3 is 19.2 Å². The Labute approximate surface area is 129 Å². The third-order valence-corrected chi connectivity index (χ3v) is 3.10. The molecule has 0 bridgehead atoms. The Balaban J connectivity index is 1.82. The molecule has 2 rings (SSSR count). The van der Waals surface area contributed by atoms with Crippen LogP contribution in [0.2, 0.25) is 0 Å². The van der Waals surface area contributed by atoms with Gasteiger partial charge in [-0.15, -0.1) is 0 Å². The van der Waals surface area contributed by atoms with Crippen molar-refractivity contribution < 1.29 is 18.7 Å². The van der Waals surface area contributed by atoms with Gasteiger partial charge in [0.2, 0.25) is 5.91 Å². The fourth-order valence-electron chi connectivity index (χ4n) is 1.97. The van der Waals surface area contributed by atoms with Crippen molar-refractivity contribution in [2.45, 2.75) is 6.42 Å². The normalized spacial score (nSPS) is 10.6. The van der Waals surface area contributed by atoms with E-state index in [0.29, 0.717) is 30.2 Å². The molecule has 0 fully saturated rings. The van der Waals surface area contributed by atoms with Gasteiger partial charge in [-0.1, -0.05) is 6.07 Å². The summed E-state index contributed by atoms with van der Waals surface area (Å²) in [6, 6.07) is 9.27. The SMILES string of the molecule is COc1ccc(CCNC(=O)/C=C/c2ccco2)cc1OC. The van der Waals surface area contributed by atoms with Crippen LogP contribution < -0.4 is 14.8 Å². The lowest BCUT2D eigenvalue weighted by Crippen LogP contribution is -2.23. The molecule has 0 saturated heterocycles. The molecule has 0 saturated carbocycles. The molecule has 0 aliphatic rings. The number of hydrogen-bond acceptors (Lipinski definition) is 4. The van der Waals surface area contributed by atoms with E-state index in [-0.39, 0.29) is 5.91 Å². The summed E-state index contributed by atoms with van der Waals surface area (Å²) in [6.45, 7) is 0.539. The summed E-state index contributed by atoms with van der Waals surface area (Å²) in [4.78, 5) is 11.7. The summed E-state index contributed by atoms with van der Waals surface area (Å²) in [5.41, 5.74) is 1.06. The van der Waals surface area contributed by atoms with Gasteiger partial charge in [0, 0.05) is 12.6 Å². The number of hydrogen-bond donors (Lipinski definition) is 1. The highest BCUT2D eigenvalue weighted by atomic mass is 16.5. The minimum atomic E-state index is -0.156. The maximum absolute atomic E-state index is 11.7. The standard InChI is InChI=1S/C17H19NO4/c1-20-15-7-5-13(12-16(15)21-2)9-10-18-17(19)8-6-14-4-3-11-22-14/h3-8,11-12H,9-10H2,1-2H3,(H,18,19)/b8-6+. The summed E-state index contributed by atoms with van der Waals surface area (Å²) in [6.07, 6.45) is 5.36. The maximum atomic E-state index is 11.7. The number of carbonyl (C=O) groups excluding carboxylic acids is 1. The average molecular weight is 301 g/mol. The first-order valence-corrected chi connectivity index (χ1v) is 6.93. The van der Waals surface area contributed by atoms with E-state index in [0.717, 1.165) is 5.56 Å². The van der Waals surface area contributed by atoms with Gasteiger partial charge in [0.1, 0.15) is 5.76 Å². The lowest BCUT2D eigenvalue weighted by molar-refractivity contribution is -0.116. The van der Waals surface area contributed by atoms with Gasteiger partial charge in [-0.3, -0.25) is 4.79 Å². The molecule has 1 heterocycles. The molecule has 0 spiro atoms. The molecule has 116 valence electrons. The van der Waals surface area contributed by atoms with Crippen LogP contribution in [-0.4, -0.2) is 26.7 Å². The number of furan rings is 1. The number of carbonyl (C=O) groups is 1. The van der Waals surface area contributed by atoms with Gasteiger partial charge in [0.15, 0.2) is 11.5 Å². The second-order valence-electron chi connectivity index (χ2n) is 4.58. The fraction of sp³-hybridized carbons (Fsp3) is 0.235. The molecule has 0 aliphatic heterocycles. The lowest BCUT2D eigenvalue weighted by atomic mass is 10.1. The van der Waals surface area contributed by atoms with E-state index in [1.54, 1.807) is 38.7 Å². The largest absolute Gasteiger partial charge is 0.493 e. The Morgan fingerprint density at radius 3 is 2.73 bits per heavy atom. The van der Waals surface area contributed by atoms with Gasteiger partial charge in [-0.25, -0.2) is 0 Å². The van der Waals surface area contributed by atoms with Crippen molar-refractivity contribution in [3.63, 3.8) is 0 Å². The van der Waals surface area contributed by atoms with Crippen LogP contribution in [0.25, 0.3) is 6.08 Å². The molecule has 1 aromatic heterocycles. The Hall–Kier alpha value is -2.69. The second kappa shape index (κ2) is 7.93. The first-order chi connectivity index (χ1) is 10.7. The zero-order valence-electron chi connectivity index (χ0n) is 12.7. The second-order valence-corrected chi connectivity index (χ2v) is 4.58. The van der Waals surface area contributed by atoms with Crippen molar-refractivity contribution in [2.75, 3.05) is 20.8 Å². The fourth-order valence-corrected chi connectivity index (χ4v) is 1.97. The van der Waals surface area contributed by atoms with E-state index >= 15 is 0 Å². The summed E-state index contributed by atoms with van der Waals surface area (Å²) >= 11 is 0. The predicted octanol–water partition coefficient (Wildman–Crippen LogP) is 2.67. The van der Waals surface area contributed by atoms with Crippen molar-refractivity contribution in [3.05, 3.63) is 54.0 Å². The number of rotatable bonds is 7. The predicted molar refractivity (Wildman–Crippen MR) is 84.0 cm³/mol. The van der Waals surface area contributed by atoms with Gasteiger partial charge in [0.05, 0.1) is 20.5 Å². The quantitative estimate of drug-likeness (QED) is 0.799. The maximum Gasteiger partial charge on any atom is 0.244 e. The summed E-state index contributed by atoms with van der Waals surface area (Å²) in [7, 11) is 3.20. The van der Waals surface area contributed by atoms with Crippen LogP contribution in [0.3, 0.4) is 0 Å². The van der Waals surface area contributed by atoms with Crippen LogP contribution in [0.15, 0.2) is 47.1 Å².